The first kappa shape index (κ1) is 18.2. The molecule has 0 saturated heterocycles. The van der Waals surface area contributed by atoms with Crippen molar-refractivity contribution in [1.29, 1.82) is 0 Å². The highest BCUT2D eigenvalue weighted by atomic mass is 16.3. The number of aliphatic hydroxyl groups excluding tert-OH is 1. The third kappa shape index (κ3) is 3.37. The van der Waals surface area contributed by atoms with Gasteiger partial charge in [-0.15, -0.1) is 0 Å². The van der Waals surface area contributed by atoms with Crippen LogP contribution in [0.3, 0.4) is 0 Å². The number of aryl methyl sites for hydroxylation is 3. The summed E-state index contributed by atoms with van der Waals surface area (Å²) in [7, 11) is 1.78. The summed E-state index contributed by atoms with van der Waals surface area (Å²) in [6.07, 6.45) is -0.0661. The highest BCUT2D eigenvalue weighted by Gasteiger charge is 2.20. The molecule has 1 aromatic heterocycles. The summed E-state index contributed by atoms with van der Waals surface area (Å²) in [4.78, 5) is 17.9. The topological polar surface area (TPSA) is 56.3 Å². The second-order valence-electron chi connectivity index (χ2n) is 7.02. The van der Waals surface area contributed by atoms with Crippen LogP contribution in [0, 0.1) is 20.8 Å². The fourth-order valence-corrected chi connectivity index (χ4v) is 3.46. The molecule has 4 nitrogen and oxygen atoms in total. The van der Waals surface area contributed by atoms with Gasteiger partial charge >= 0.3 is 0 Å². The number of aliphatic hydroxyl groups is 1. The molecule has 136 valence electrons. The van der Waals surface area contributed by atoms with E-state index in [1.807, 2.05) is 44.2 Å². The van der Waals surface area contributed by atoms with Gasteiger partial charge in [0.2, 0.25) is 0 Å². The number of amides is 1. The van der Waals surface area contributed by atoms with E-state index in [1.165, 1.54) is 5.56 Å². The van der Waals surface area contributed by atoms with Crippen LogP contribution in [-0.2, 0) is 0 Å². The standard InChI is InChI=1S/C22H26N2O2/c1-14-10-11-15(2)20-19(14)16(3)21(23-20)22(26)24(4)13-12-18(25)17-8-6-5-7-9-17/h5-11,18,23,25H,12-13H2,1-4H3. The number of carbonyl (C=O) groups excluding carboxylic acids is 1. The average molecular weight is 350 g/mol. The normalized spacial score (nSPS) is 12.3. The van der Waals surface area contributed by atoms with Gasteiger partial charge in [-0.25, -0.2) is 0 Å². The Morgan fingerprint density at radius 2 is 1.73 bits per heavy atom. The van der Waals surface area contributed by atoms with Crippen LogP contribution in [0.25, 0.3) is 10.9 Å². The van der Waals surface area contributed by atoms with Crippen molar-refractivity contribution in [3.05, 3.63) is 70.4 Å². The summed E-state index contributed by atoms with van der Waals surface area (Å²) in [5, 5.41) is 11.4. The van der Waals surface area contributed by atoms with E-state index < -0.39 is 6.10 Å². The highest BCUT2D eigenvalue weighted by molar-refractivity contribution is 6.02. The second-order valence-corrected chi connectivity index (χ2v) is 7.02. The molecule has 0 saturated carbocycles. The summed E-state index contributed by atoms with van der Waals surface area (Å²) >= 11 is 0. The largest absolute Gasteiger partial charge is 0.388 e. The second kappa shape index (κ2) is 7.34. The molecular formula is C22H26N2O2. The number of H-pyrrole nitrogens is 1. The van der Waals surface area contributed by atoms with Gasteiger partial charge < -0.3 is 15.0 Å². The molecular weight excluding hydrogens is 324 g/mol. The minimum Gasteiger partial charge on any atom is -0.388 e. The van der Waals surface area contributed by atoms with Gasteiger partial charge in [-0.05, 0) is 49.4 Å². The number of rotatable bonds is 5. The Hall–Kier alpha value is -2.59. The van der Waals surface area contributed by atoms with E-state index in [2.05, 4.69) is 24.0 Å². The van der Waals surface area contributed by atoms with Gasteiger partial charge in [-0.3, -0.25) is 4.79 Å². The van der Waals surface area contributed by atoms with Crippen LogP contribution in [-0.4, -0.2) is 34.5 Å². The molecule has 2 N–H and O–H groups in total. The highest BCUT2D eigenvalue weighted by Crippen LogP contribution is 2.28. The van der Waals surface area contributed by atoms with Crippen molar-refractivity contribution >= 4 is 16.8 Å². The number of nitrogens with one attached hydrogen (secondary N) is 1. The van der Waals surface area contributed by atoms with Gasteiger partial charge in [-0.1, -0.05) is 42.5 Å². The lowest BCUT2D eigenvalue weighted by atomic mass is 10.0. The Morgan fingerprint density at radius 1 is 1.08 bits per heavy atom. The quantitative estimate of drug-likeness (QED) is 0.721. The molecule has 3 aromatic rings. The van der Waals surface area contributed by atoms with E-state index in [0.717, 1.165) is 27.6 Å². The minimum atomic E-state index is -0.570. The van der Waals surface area contributed by atoms with Crippen LogP contribution in [0.15, 0.2) is 42.5 Å². The molecule has 0 fully saturated rings. The van der Waals surface area contributed by atoms with Crippen molar-refractivity contribution in [2.24, 2.45) is 0 Å². The number of benzene rings is 2. The number of fused-ring (bicyclic) bond motifs is 1. The Balaban J connectivity index is 1.77. The van der Waals surface area contributed by atoms with Gasteiger partial charge in [0.1, 0.15) is 5.69 Å². The summed E-state index contributed by atoms with van der Waals surface area (Å²) in [6, 6.07) is 13.7. The predicted octanol–water partition coefficient (Wildman–Crippen LogP) is 4.29. The minimum absolute atomic E-state index is 0.0437. The number of aromatic amines is 1. The number of nitrogens with zero attached hydrogens (tertiary/aromatic N) is 1. The Bertz CT molecular complexity index is 928. The van der Waals surface area contributed by atoms with Gasteiger partial charge in [-0.2, -0.15) is 0 Å². The van der Waals surface area contributed by atoms with Crippen LogP contribution in [0.4, 0.5) is 0 Å². The molecule has 0 aliphatic heterocycles. The van der Waals surface area contributed by atoms with E-state index in [9.17, 15) is 9.90 Å². The maximum absolute atomic E-state index is 12.9. The molecule has 4 heteroatoms. The van der Waals surface area contributed by atoms with Crippen molar-refractivity contribution < 1.29 is 9.90 Å². The summed E-state index contributed by atoms with van der Waals surface area (Å²) in [6.45, 7) is 6.59. The molecule has 1 unspecified atom stereocenters. The zero-order valence-electron chi connectivity index (χ0n) is 15.8. The van der Waals surface area contributed by atoms with Crippen molar-refractivity contribution in [1.82, 2.24) is 9.88 Å². The molecule has 1 amide bonds. The van der Waals surface area contributed by atoms with Crippen LogP contribution in [0.2, 0.25) is 0 Å². The average Bonchev–Trinajstić information content (AvgIpc) is 3.01. The SMILES string of the molecule is Cc1ccc(C)c2c(C)c(C(=O)N(C)CCC(O)c3ccccc3)[nH]c12. The van der Waals surface area contributed by atoms with E-state index in [0.29, 0.717) is 18.7 Å². The maximum Gasteiger partial charge on any atom is 0.270 e. The van der Waals surface area contributed by atoms with Gasteiger partial charge in [0, 0.05) is 24.5 Å². The van der Waals surface area contributed by atoms with Crippen molar-refractivity contribution in [3.8, 4) is 0 Å². The molecule has 0 aliphatic carbocycles. The fourth-order valence-electron chi connectivity index (χ4n) is 3.46. The summed E-state index contributed by atoms with van der Waals surface area (Å²) in [5.41, 5.74) is 5.83. The lowest BCUT2D eigenvalue weighted by Gasteiger charge is -2.19. The monoisotopic (exact) mass is 350 g/mol. The lowest BCUT2D eigenvalue weighted by Crippen LogP contribution is -2.29. The van der Waals surface area contributed by atoms with Crippen LogP contribution < -0.4 is 0 Å². The number of aromatic nitrogens is 1. The van der Waals surface area contributed by atoms with Gasteiger partial charge in [0.05, 0.1) is 6.10 Å². The van der Waals surface area contributed by atoms with Crippen molar-refractivity contribution in [3.63, 3.8) is 0 Å². The fraction of sp³-hybridized carbons (Fsp3) is 0.318. The van der Waals surface area contributed by atoms with Crippen LogP contribution in [0.5, 0.6) is 0 Å². The van der Waals surface area contributed by atoms with Crippen molar-refractivity contribution in [2.75, 3.05) is 13.6 Å². The molecule has 0 bridgehead atoms. The molecule has 1 heterocycles. The first-order chi connectivity index (χ1) is 12.4. The molecule has 26 heavy (non-hydrogen) atoms. The Kier molecular flexibility index (Phi) is 5.14. The molecule has 2 aromatic carbocycles. The molecule has 1 atom stereocenters. The maximum atomic E-state index is 12.9. The van der Waals surface area contributed by atoms with E-state index >= 15 is 0 Å². The number of carbonyl (C=O) groups is 1. The first-order valence-electron chi connectivity index (χ1n) is 8.97. The number of hydrogen-bond donors (Lipinski definition) is 2. The first-order valence-corrected chi connectivity index (χ1v) is 8.97. The molecule has 0 radical (unpaired) electrons. The Labute approximate surface area is 154 Å². The van der Waals surface area contributed by atoms with Crippen LogP contribution >= 0.6 is 0 Å². The van der Waals surface area contributed by atoms with E-state index in [4.69, 9.17) is 0 Å². The molecule has 0 aliphatic rings. The molecule has 3 rings (SSSR count). The van der Waals surface area contributed by atoms with Crippen molar-refractivity contribution in [2.45, 2.75) is 33.3 Å². The smallest absolute Gasteiger partial charge is 0.270 e. The molecule has 0 spiro atoms. The van der Waals surface area contributed by atoms with Gasteiger partial charge in [0.15, 0.2) is 0 Å². The third-order valence-corrected chi connectivity index (χ3v) is 5.10. The predicted molar refractivity (Wildman–Crippen MR) is 105 cm³/mol. The lowest BCUT2D eigenvalue weighted by molar-refractivity contribution is 0.0756. The van der Waals surface area contributed by atoms with Gasteiger partial charge in [0.25, 0.3) is 5.91 Å². The zero-order chi connectivity index (χ0) is 18.8. The summed E-state index contributed by atoms with van der Waals surface area (Å²) < 4.78 is 0. The van der Waals surface area contributed by atoms with E-state index in [-0.39, 0.29) is 5.91 Å². The van der Waals surface area contributed by atoms with Crippen LogP contribution in [0.1, 0.15) is 45.3 Å². The number of hydrogen-bond acceptors (Lipinski definition) is 2. The summed E-state index contributed by atoms with van der Waals surface area (Å²) in [5.74, 6) is -0.0437. The Morgan fingerprint density at radius 3 is 2.38 bits per heavy atom. The van der Waals surface area contributed by atoms with E-state index in [1.54, 1.807) is 11.9 Å². The zero-order valence-corrected chi connectivity index (χ0v) is 15.8. The third-order valence-electron chi connectivity index (χ3n) is 5.10.